The summed E-state index contributed by atoms with van der Waals surface area (Å²) in [5.74, 6) is -0.997. The van der Waals surface area contributed by atoms with Gasteiger partial charge in [-0.05, 0) is 24.6 Å². The smallest absolute Gasteiger partial charge is 0.339 e. The van der Waals surface area contributed by atoms with Gasteiger partial charge in [-0.2, -0.15) is 0 Å². The van der Waals surface area contributed by atoms with Gasteiger partial charge in [0.15, 0.2) is 0 Å². The van der Waals surface area contributed by atoms with Crippen molar-refractivity contribution >= 4 is 21.9 Å². The van der Waals surface area contributed by atoms with Crippen molar-refractivity contribution in [2.24, 2.45) is 0 Å². The summed E-state index contributed by atoms with van der Waals surface area (Å²) in [6.07, 6.45) is 3.07. The molecule has 0 saturated heterocycles. The minimum absolute atomic E-state index is 0.0170. The fraction of sp³-hybridized carbons (Fsp3) is 0.308. The largest absolute Gasteiger partial charge is 0.492 e. The van der Waals surface area contributed by atoms with Crippen LogP contribution in [0.3, 0.4) is 0 Å². The maximum Gasteiger partial charge on any atom is 0.339 e. The number of fused-ring (bicyclic) bond motifs is 1. The molecule has 2 rings (SSSR count). The van der Waals surface area contributed by atoms with Crippen molar-refractivity contribution in [3.8, 4) is 5.75 Å². The van der Waals surface area contributed by atoms with Crippen LogP contribution < -0.4 is 4.74 Å². The third-order valence-electron chi connectivity index (χ3n) is 2.85. The van der Waals surface area contributed by atoms with Gasteiger partial charge in [0.2, 0.25) is 9.84 Å². The average Bonchev–Trinajstić information content (AvgIpc) is 2.66. The third-order valence-corrected chi connectivity index (χ3v) is 4.31. The number of hydrogen-bond acceptors (Lipinski definition) is 4. The van der Waals surface area contributed by atoms with Crippen LogP contribution in [0.25, 0.3) is 6.08 Å². The van der Waals surface area contributed by atoms with Gasteiger partial charge in [0, 0.05) is 11.0 Å². The Labute approximate surface area is 111 Å². The Morgan fingerprint density at radius 1 is 1.37 bits per heavy atom. The number of carboxylic acids is 1. The van der Waals surface area contributed by atoms with Crippen molar-refractivity contribution in [2.75, 3.05) is 6.61 Å². The second-order valence-corrected chi connectivity index (χ2v) is 6.01. The molecule has 1 aromatic rings. The lowest BCUT2D eigenvalue weighted by atomic mass is 10.1. The Kier molecular flexibility index (Phi) is 3.61. The first-order chi connectivity index (χ1) is 8.97. The summed E-state index contributed by atoms with van der Waals surface area (Å²) in [6.45, 7) is 2.35. The molecule has 1 aliphatic heterocycles. The normalized spacial score (nSPS) is 15.2. The van der Waals surface area contributed by atoms with Gasteiger partial charge in [-0.1, -0.05) is 13.3 Å². The highest BCUT2D eigenvalue weighted by Crippen LogP contribution is 2.36. The molecule has 0 amide bonds. The molecule has 6 heteroatoms. The average molecular weight is 282 g/mol. The van der Waals surface area contributed by atoms with Gasteiger partial charge in [0.05, 0.1) is 11.5 Å². The number of benzene rings is 1. The van der Waals surface area contributed by atoms with Gasteiger partial charge in [0.25, 0.3) is 0 Å². The van der Waals surface area contributed by atoms with Gasteiger partial charge in [0.1, 0.15) is 11.3 Å². The third kappa shape index (κ3) is 2.49. The summed E-state index contributed by atoms with van der Waals surface area (Å²) in [5.41, 5.74) is 0.313. The van der Waals surface area contributed by atoms with E-state index in [-0.39, 0.29) is 16.2 Å². The number of ether oxygens (including phenoxy) is 1. The molecule has 19 heavy (non-hydrogen) atoms. The quantitative estimate of drug-likeness (QED) is 0.838. The molecule has 0 saturated carbocycles. The van der Waals surface area contributed by atoms with Gasteiger partial charge in [-0.3, -0.25) is 0 Å². The highest BCUT2D eigenvalue weighted by Gasteiger charge is 2.27. The van der Waals surface area contributed by atoms with Crippen LogP contribution in [0.5, 0.6) is 5.75 Å². The molecule has 0 fully saturated rings. The Morgan fingerprint density at radius 3 is 2.74 bits per heavy atom. The second kappa shape index (κ2) is 5.05. The van der Waals surface area contributed by atoms with Crippen LogP contribution in [-0.4, -0.2) is 26.1 Å². The molecular weight excluding hydrogens is 268 g/mol. The van der Waals surface area contributed by atoms with Crippen molar-refractivity contribution in [2.45, 2.75) is 24.7 Å². The molecule has 0 spiro atoms. The first-order valence-corrected chi connectivity index (χ1v) is 7.48. The fourth-order valence-electron chi connectivity index (χ4n) is 1.86. The molecule has 0 radical (unpaired) electrons. The van der Waals surface area contributed by atoms with E-state index in [1.165, 1.54) is 18.2 Å². The zero-order chi connectivity index (χ0) is 14.0. The molecule has 0 aliphatic carbocycles. The zero-order valence-electron chi connectivity index (χ0n) is 10.4. The molecule has 0 unspecified atom stereocenters. The summed E-state index contributed by atoms with van der Waals surface area (Å²) < 4.78 is 28.9. The highest BCUT2D eigenvalue weighted by atomic mass is 32.2. The highest BCUT2D eigenvalue weighted by molar-refractivity contribution is 7.94. The first-order valence-electron chi connectivity index (χ1n) is 5.93. The van der Waals surface area contributed by atoms with E-state index in [9.17, 15) is 13.2 Å². The molecule has 0 atom stereocenters. The Bertz CT molecular complexity index is 643. The lowest BCUT2D eigenvalue weighted by molar-refractivity contribution is 0.0692. The molecule has 0 aromatic heterocycles. The monoisotopic (exact) mass is 282 g/mol. The SMILES string of the molecule is CCCCOc1c(C(=O)O)ccc2c1C=CS2(=O)=O. The van der Waals surface area contributed by atoms with Gasteiger partial charge in [-0.15, -0.1) is 0 Å². The predicted octanol–water partition coefficient (Wildman–Crippen LogP) is 2.32. The van der Waals surface area contributed by atoms with Crippen molar-refractivity contribution in [1.82, 2.24) is 0 Å². The number of rotatable bonds is 5. The van der Waals surface area contributed by atoms with E-state index in [1.807, 2.05) is 6.92 Å². The van der Waals surface area contributed by atoms with Crippen LogP contribution >= 0.6 is 0 Å². The molecule has 5 nitrogen and oxygen atoms in total. The lowest BCUT2D eigenvalue weighted by Crippen LogP contribution is -2.07. The van der Waals surface area contributed by atoms with E-state index in [0.717, 1.165) is 18.2 Å². The van der Waals surface area contributed by atoms with Crippen LogP contribution in [0.2, 0.25) is 0 Å². The van der Waals surface area contributed by atoms with E-state index in [4.69, 9.17) is 9.84 Å². The van der Waals surface area contributed by atoms with E-state index in [0.29, 0.717) is 12.2 Å². The minimum Gasteiger partial charge on any atom is -0.492 e. The standard InChI is InChI=1S/C13H14O5S/c1-2-3-7-18-12-9-6-8-19(16,17)11(9)5-4-10(12)13(14)15/h4-6,8H,2-3,7H2,1H3,(H,14,15). The summed E-state index contributed by atoms with van der Waals surface area (Å²) in [7, 11) is -3.45. The molecular formula is C13H14O5S. The number of carboxylic acid groups (broad SMARTS) is 1. The van der Waals surface area contributed by atoms with Crippen LogP contribution in [0.15, 0.2) is 22.4 Å². The first kappa shape index (κ1) is 13.6. The number of aromatic carboxylic acids is 1. The number of sulfone groups is 1. The van der Waals surface area contributed by atoms with Gasteiger partial charge >= 0.3 is 5.97 Å². The van der Waals surface area contributed by atoms with Crippen molar-refractivity contribution in [3.05, 3.63) is 28.7 Å². The topological polar surface area (TPSA) is 80.7 Å². The van der Waals surface area contributed by atoms with Gasteiger partial charge < -0.3 is 9.84 Å². The summed E-state index contributed by atoms with van der Waals surface area (Å²) in [5, 5.41) is 10.2. The second-order valence-electron chi connectivity index (χ2n) is 4.21. The minimum atomic E-state index is -3.45. The molecule has 102 valence electrons. The Balaban J connectivity index is 2.51. The van der Waals surface area contributed by atoms with Gasteiger partial charge in [-0.25, -0.2) is 13.2 Å². The van der Waals surface area contributed by atoms with E-state index >= 15 is 0 Å². The molecule has 1 aliphatic rings. The van der Waals surface area contributed by atoms with Crippen LogP contribution in [0, 0.1) is 0 Å². The van der Waals surface area contributed by atoms with E-state index < -0.39 is 15.8 Å². The number of carbonyl (C=O) groups is 1. The molecule has 0 bridgehead atoms. The van der Waals surface area contributed by atoms with E-state index in [1.54, 1.807) is 0 Å². The summed E-state index contributed by atoms with van der Waals surface area (Å²) >= 11 is 0. The van der Waals surface area contributed by atoms with Crippen LogP contribution in [0.1, 0.15) is 35.7 Å². The molecule has 1 N–H and O–H groups in total. The Morgan fingerprint density at radius 2 is 2.11 bits per heavy atom. The summed E-state index contributed by atoms with van der Waals surface area (Å²) in [4.78, 5) is 11.3. The number of hydrogen-bond donors (Lipinski definition) is 1. The maximum atomic E-state index is 11.7. The zero-order valence-corrected chi connectivity index (χ0v) is 11.2. The predicted molar refractivity (Wildman–Crippen MR) is 70.0 cm³/mol. The van der Waals surface area contributed by atoms with Crippen LogP contribution in [-0.2, 0) is 9.84 Å². The van der Waals surface area contributed by atoms with Crippen molar-refractivity contribution < 1.29 is 23.1 Å². The molecule has 1 heterocycles. The number of unbranched alkanes of at least 4 members (excludes halogenated alkanes) is 1. The van der Waals surface area contributed by atoms with Crippen molar-refractivity contribution in [3.63, 3.8) is 0 Å². The van der Waals surface area contributed by atoms with E-state index in [2.05, 4.69) is 0 Å². The van der Waals surface area contributed by atoms with Crippen molar-refractivity contribution in [1.29, 1.82) is 0 Å². The lowest BCUT2D eigenvalue weighted by Gasteiger charge is -2.12. The summed E-state index contributed by atoms with van der Waals surface area (Å²) in [6, 6.07) is 2.58. The maximum absolute atomic E-state index is 11.7. The van der Waals surface area contributed by atoms with Crippen LogP contribution in [0.4, 0.5) is 0 Å². The fourth-order valence-corrected chi connectivity index (χ4v) is 3.05. The molecule has 1 aromatic carbocycles. The Hall–Kier alpha value is -1.82.